The van der Waals surface area contributed by atoms with Gasteiger partial charge in [-0.15, -0.1) is 10.2 Å². The molecule has 1 fully saturated rings. The number of hydrogen-bond donors (Lipinski definition) is 1. The van der Waals surface area contributed by atoms with Crippen LogP contribution in [0.4, 0.5) is 5.82 Å². The van der Waals surface area contributed by atoms with Gasteiger partial charge < -0.3 is 14.9 Å². The van der Waals surface area contributed by atoms with Crippen molar-refractivity contribution < 1.29 is 9.90 Å². The Morgan fingerprint density at radius 2 is 1.62 bits per heavy atom. The molecule has 0 aliphatic carbocycles. The van der Waals surface area contributed by atoms with Gasteiger partial charge in [0.05, 0.1) is 0 Å². The first-order chi connectivity index (χ1) is 16.7. The van der Waals surface area contributed by atoms with Crippen LogP contribution in [-0.4, -0.2) is 58.4 Å². The number of aromatic nitrogens is 2. The van der Waals surface area contributed by atoms with Crippen molar-refractivity contribution in [3.8, 4) is 11.3 Å². The van der Waals surface area contributed by atoms with E-state index in [1.54, 1.807) is 0 Å². The zero-order valence-electron chi connectivity index (χ0n) is 19.3. The van der Waals surface area contributed by atoms with Gasteiger partial charge in [-0.1, -0.05) is 66.7 Å². The van der Waals surface area contributed by atoms with Crippen LogP contribution in [0.1, 0.15) is 22.8 Å². The van der Waals surface area contributed by atoms with Gasteiger partial charge in [0.15, 0.2) is 5.82 Å². The summed E-state index contributed by atoms with van der Waals surface area (Å²) in [6, 6.07) is 25.9. The lowest BCUT2D eigenvalue weighted by molar-refractivity contribution is 0.0726. The van der Waals surface area contributed by atoms with E-state index in [4.69, 9.17) is 0 Å². The van der Waals surface area contributed by atoms with E-state index in [2.05, 4.69) is 34.2 Å². The largest absolute Gasteiger partial charge is 0.396 e. The molecule has 172 valence electrons. The predicted octanol–water partition coefficient (Wildman–Crippen LogP) is 4.18. The summed E-state index contributed by atoms with van der Waals surface area (Å²) in [6.07, 6.45) is 0.641. The van der Waals surface area contributed by atoms with Gasteiger partial charge in [-0.25, -0.2) is 0 Å². The first-order valence-electron chi connectivity index (χ1n) is 11.7. The minimum atomic E-state index is 0.0723. The van der Waals surface area contributed by atoms with Crippen molar-refractivity contribution in [1.29, 1.82) is 0 Å². The van der Waals surface area contributed by atoms with Crippen LogP contribution in [0, 0.1) is 0 Å². The molecule has 6 nitrogen and oxygen atoms in total. The number of hydrogen-bond acceptors (Lipinski definition) is 5. The number of benzene rings is 3. The molecule has 3 aromatic carbocycles. The lowest BCUT2D eigenvalue weighted by atomic mass is 10.0. The molecule has 4 aromatic rings. The highest BCUT2D eigenvalue weighted by atomic mass is 16.3. The Balaban J connectivity index is 1.42. The molecule has 1 atom stereocenters. The SMILES string of the molecule is CC1CN(C(=O)c2ccccc2)CCN1c1nnc(-c2ccc(CCO)cc2)c2ccccc12. The maximum atomic E-state index is 12.9. The highest BCUT2D eigenvalue weighted by molar-refractivity contribution is 6.00. The van der Waals surface area contributed by atoms with Gasteiger partial charge in [-0.05, 0) is 31.0 Å². The minimum Gasteiger partial charge on any atom is -0.396 e. The summed E-state index contributed by atoms with van der Waals surface area (Å²) in [6.45, 7) is 4.25. The van der Waals surface area contributed by atoms with Gasteiger partial charge in [-0.2, -0.15) is 0 Å². The Kier molecular flexibility index (Phi) is 6.23. The van der Waals surface area contributed by atoms with Crippen molar-refractivity contribution >= 4 is 22.5 Å². The first kappa shape index (κ1) is 22.0. The molecule has 1 aliphatic heterocycles. The Labute approximate surface area is 199 Å². The number of anilines is 1. The molecular weight excluding hydrogens is 424 g/mol. The molecule has 34 heavy (non-hydrogen) atoms. The third-order valence-electron chi connectivity index (χ3n) is 6.50. The Morgan fingerprint density at radius 1 is 0.912 bits per heavy atom. The van der Waals surface area contributed by atoms with Crippen molar-refractivity contribution in [3.63, 3.8) is 0 Å². The van der Waals surface area contributed by atoms with Gasteiger partial charge in [0.1, 0.15) is 5.69 Å². The van der Waals surface area contributed by atoms with Crippen LogP contribution in [0.3, 0.4) is 0 Å². The summed E-state index contributed by atoms with van der Waals surface area (Å²) in [5.41, 5.74) is 3.67. The maximum absolute atomic E-state index is 12.9. The number of nitrogens with zero attached hydrogens (tertiary/aromatic N) is 4. The van der Waals surface area contributed by atoms with E-state index in [1.165, 1.54) is 0 Å². The van der Waals surface area contributed by atoms with Crippen LogP contribution in [0.15, 0.2) is 78.9 Å². The fourth-order valence-corrected chi connectivity index (χ4v) is 4.69. The average molecular weight is 453 g/mol. The van der Waals surface area contributed by atoms with E-state index in [-0.39, 0.29) is 18.6 Å². The van der Waals surface area contributed by atoms with E-state index in [1.807, 2.05) is 71.6 Å². The second-order valence-corrected chi connectivity index (χ2v) is 8.75. The summed E-state index contributed by atoms with van der Waals surface area (Å²) < 4.78 is 0. The number of carbonyl (C=O) groups excluding carboxylic acids is 1. The zero-order valence-corrected chi connectivity index (χ0v) is 19.3. The number of aliphatic hydroxyl groups is 1. The molecule has 1 N–H and O–H groups in total. The summed E-state index contributed by atoms with van der Waals surface area (Å²) in [7, 11) is 0. The number of fused-ring (bicyclic) bond motifs is 1. The molecule has 0 spiro atoms. The molecule has 1 amide bonds. The van der Waals surface area contributed by atoms with Crippen LogP contribution >= 0.6 is 0 Å². The minimum absolute atomic E-state index is 0.0723. The highest BCUT2D eigenvalue weighted by Crippen LogP contribution is 2.33. The number of carbonyl (C=O) groups is 1. The molecule has 1 saturated heterocycles. The summed E-state index contributed by atoms with van der Waals surface area (Å²) >= 11 is 0. The normalized spacial score (nSPS) is 16.1. The first-order valence-corrected chi connectivity index (χ1v) is 11.7. The highest BCUT2D eigenvalue weighted by Gasteiger charge is 2.29. The molecule has 0 bridgehead atoms. The molecule has 5 rings (SSSR count). The van der Waals surface area contributed by atoms with E-state index < -0.39 is 0 Å². The topological polar surface area (TPSA) is 69.6 Å². The van der Waals surface area contributed by atoms with Gasteiger partial charge in [0.25, 0.3) is 5.91 Å². The predicted molar refractivity (Wildman–Crippen MR) is 135 cm³/mol. The molecule has 0 saturated carbocycles. The van der Waals surface area contributed by atoms with Crippen LogP contribution < -0.4 is 4.90 Å². The van der Waals surface area contributed by atoms with E-state index in [0.29, 0.717) is 26.1 Å². The van der Waals surface area contributed by atoms with E-state index in [0.717, 1.165) is 39.0 Å². The Bertz CT molecular complexity index is 1290. The lowest BCUT2D eigenvalue weighted by Gasteiger charge is -2.40. The number of piperazine rings is 1. The van der Waals surface area contributed by atoms with Gasteiger partial charge in [0, 0.05) is 54.2 Å². The standard InChI is InChI=1S/C28H28N4O2/c1-20-19-31(28(34)23-7-3-2-4-8-23)16-17-32(20)27-25-10-6-5-9-24(25)26(29-30-27)22-13-11-21(12-14-22)15-18-33/h2-14,20,33H,15-19H2,1H3. The van der Waals surface area contributed by atoms with Crippen molar-refractivity contribution in [3.05, 3.63) is 90.0 Å². The average Bonchev–Trinajstić information content (AvgIpc) is 2.89. The lowest BCUT2D eigenvalue weighted by Crippen LogP contribution is -2.54. The number of rotatable bonds is 5. The summed E-state index contributed by atoms with van der Waals surface area (Å²) in [4.78, 5) is 17.1. The molecular formula is C28H28N4O2. The monoisotopic (exact) mass is 452 g/mol. The Hall–Kier alpha value is -3.77. The third-order valence-corrected chi connectivity index (χ3v) is 6.50. The molecule has 1 aromatic heterocycles. The van der Waals surface area contributed by atoms with Crippen molar-refractivity contribution in [2.45, 2.75) is 19.4 Å². The van der Waals surface area contributed by atoms with E-state index in [9.17, 15) is 9.90 Å². The zero-order chi connectivity index (χ0) is 23.5. The van der Waals surface area contributed by atoms with Crippen LogP contribution in [0.5, 0.6) is 0 Å². The quantitative estimate of drug-likeness (QED) is 0.492. The fourth-order valence-electron chi connectivity index (χ4n) is 4.69. The van der Waals surface area contributed by atoms with Crippen LogP contribution in [0.25, 0.3) is 22.0 Å². The van der Waals surface area contributed by atoms with E-state index >= 15 is 0 Å². The smallest absolute Gasteiger partial charge is 0.253 e. The molecule has 6 heteroatoms. The Morgan fingerprint density at radius 3 is 2.32 bits per heavy atom. The fraction of sp³-hybridized carbons (Fsp3) is 0.250. The van der Waals surface area contributed by atoms with Gasteiger partial charge >= 0.3 is 0 Å². The summed E-state index contributed by atoms with van der Waals surface area (Å²) in [5, 5.41) is 20.6. The number of amides is 1. The molecule has 0 radical (unpaired) electrons. The second kappa shape index (κ2) is 9.61. The summed E-state index contributed by atoms with van der Waals surface area (Å²) in [5.74, 6) is 0.929. The van der Waals surface area contributed by atoms with Crippen molar-refractivity contribution in [1.82, 2.24) is 15.1 Å². The van der Waals surface area contributed by atoms with Crippen LogP contribution in [0.2, 0.25) is 0 Å². The number of aliphatic hydroxyl groups excluding tert-OH is 1. The van der Waals surface area contributed by atoms with Crippen LogP contribution in [-0.2, 0) is 6.42 Å². The van der Waals surface area contributed by atoms with Gasteiger partial charge in [0.2, 0.25) is 0 Å². The maximum Gasteiger partial charge on any atom is 0.253 e. The van der Waals surface area contributed by atoms with Gasteiger partial charge in [-0.3, -0.25) is 4.79 Å². The molecule has 1 unspecified atom stereocenters. The molecule has 2 heterocycles. The third kappa shape index (κ3) is 4.24. The van der Waals surface area contributed by atoms with Crippen molar-refractivity contribution in [2.75, 3.05) is 31.1 Å². The van der Waals surface area contributed by atoms with Crippen molar-refractivity contribution in [2.24, 2.45) is 0 Å². The second-order valence-electron chi connectivity index (χ2n) is 8.75. The molecule has 1 aliphatic rings.